The number of para-hydroxylation sites is 1. The van der Waals surface area contributed by atoms with Crippen LogP contribution in [-0.2, 0) is 7.05 Å². The number of hydrogen-bond donors (Lipinski definition) is 0. The minimum atomic E-state index is -0.0779. The fourth-order valence-corrected chi connectivity index (χ4v) is 3.75. The molecule has 0 unspecified atom stereocenters. The van der Waals surface area contributed by atoms with Crippen LogP contribution >= 0.6 is 11.8 Å². The number of aromatic nitrogens is 4. The molecule has 0 saturated heterocycles. The fourth-order valence-electron chi connectivity index (χ4n) is 3.00. The zero-order chi connectivity index (χ0) is 19.5. The van der Waals surface area contributed by atoms with E-state index in [9.17, 15) is 4.79 Å². The van der Waals surface area contributed by atoms with Gasteiger partial charge in [0.15, 0.2) is 5.16 Å². The van der Waals surface area contributed by atoms with Crippen molar-refractivity contribution < 1.29 is 9.47 Å². The summed E-state index contributed by atoms with van der Waals surface area (Å²) in [6.45, 7) is 3.12. The van der Waals surface area contributed by atoms with E-state index in [4.69, 9.17) is 9.47 Å². The van der Waals surface area contributed by atoms with Crippen LogP contribution in [0, 0.1) is 0 Å². The van der Waals surface area contributed by atoms with Crippen LogP contribution in [0.4, 0.5) is 0 Å². The van der Waals surface area contributed by atoms with Gasteiger partial charge in [-0.1, -0.05) is 23.9 Å². The van der Waals surface area contributed by atoms with E-state index < -0.39 is 0 Å². The lowest BCUT2D eigenvalue weighted by atomic mass is 10.2. The summed E-state index contributed by atoms with van der Waals surface area (Å²) in [4.78, 5) is 12.5. The van der Waals surface area contributed by atoms with E-state index in [2.05, 4.69) is 10.2 Å². The van der Waals surface area contributed by atoms with Crippen LogP contribution in [0.3, 0.4) is 0 Å². The van der Waals surface area contributed by atoms with E-state index in [0.29, 0.717) is 30.1 Å². The Morgan fingerprint density at radius 2 is 1.71 bits per heavy atom. The Bertz CT molecular complexity index is 1170. The minimum Gasteiger partial charge on any atom is -0.494 e. The third-order valence-electron chi connectivity index (χ3n) is 4.31. The van der Waals surface area contributed by atoms with Gasteiger partial charge in [0.2, 0.25) is 5.78 Å². The predicted octanol–water partition coefficient (Wildman–Crippen LogP) is 3.15. The van der Waals surface area contributed by atoms with Crippen LogP contribution in [0.15, 0.2) is 58.5 Å². The van der Waals surface area contributed by atoms with Crippen LogP contribution in [0.1, 0.15) is 6.92 Å². The summed E-state index contributed by atoms with van der Waals surface area (Å²) in [5.74, 6) is 2.85. The summed E-state index contributed by atoms with van der Waals surface area (Å²) in [5, 5.41) is 9.84. The zero-order valence-electron chi connectivity index (χ0n) is 15.7. The predicted molar refractivity (Wildman–Crippen MR) is 110 cm³/mol. The molecule has 0 spiro atoms. The molecular weight excluding hydrogens is 376 g/mol. The number of ether oxygens (including phenoxy) is 2. The molecule has 0 saturated carbocycles. The molecule has 0 radical (unpaired) electrons. The Hall–Kier alpha value is -3.00. The molecule has 7 nitrogen and oxygen atoms in total. The van der Waals surface area contributed by atoms with Crippen LogP contribution in [0.2, 0.25) is 0 Å². The van der Waals surface area contributed by atoms with Crippen molar-refractivity contribution in [1.82, 2.24) is 19.2 Å². The molecular formula is C20H20N4O3S. The topological polar surface area (TPSA) is 70.7 Å². The molecule has 0 aliphatic rings. The van der Waals surface area contributed by atoms with Gasteiger partial charge in [-0.25, -0.2) is 0 Å². The monoisotopic (exact) mass is 396 g/mol. The number of benzene rings is 2. The van der Waals surface area contributed by atoms with Gasteiger partial charge in [-0.2, -0.15) is 0 Å². The van der Waals surface area contributed by atoms with Crippen molar-refractivity contribution in [2.75, 3.05) is 19.0 Å². The molecule has 4 aromatic rings. The molecule has 2 aromatic heterocycles. The molecule has 0 bridgehead atoms. The third kappa shape index (κ3) is 3.43. The Balaban J connectivity index is 1.49. The molecule has 8 heteroatoms. The van der Waals surface area contributed by atoms with Gasteiger partial charge in [-0.15, -0.1) is 10.2 Å². The lowest BCUT2D eigenvalue weighted by molar-refractivity contribution is 0.332. The summed E-state index contributed by atoms with van der Waals surface area (Å²) in [7, 11) is 1.71. The fraction of sp³-hybridized carbons (Fsp3) is 0.250. The lowest BCUT2D eigenvalue weighted by Crippen LogP contribution is -2.20. The van der Waals surface area contributed by atoms with Gasteiger partial charge in [0.05, 0.1) is 24.1 Å². The van der Waals surface area contributed by atoms with E-state index in [0.717, 1.165) is 22.2 Å². The maximum atomic E-state index is 12.5. The van der Waals surface area contributed by atoms with Gasteiger partial charge in [0, 0.05) is 12.8 Å². The molecule has 0 fully saturated rings. The highest BCUT2D eigenvalue weighted by Crippen LogP contribution is 2.22. The molecule has 144 valence electrons. The van der Waals surface area contributed by atoms with Crippen molar-refractivity contribution in [1.29, 1.82) is 0 Å². The normalized spacial score (nSPS) is 11.2. The summed E-state index contributed by atoms with van der Waals surface area (Å²) >= 11 is 1.54. The van der Waals surface area contributed by atoms with Gasteiger partial charge < -0.3 is 9.47 Å². The molecule has 0 N–H and O–H groups in total. The minimum absolute atomic E-state index is 0.0779. The van der Waals surface area contributed by atoms with E-state index in [1.807, 2.05) is 59.9 Å². The van der Waals surface area contributed by atoms with Crippen LogP contribution in [0.25, 0.3) is 16.7 Å². The highest BCUT2D eigenvalue weighted by Gasteiger charge is 2.14. The summed E-state index contributed by atoms with van der Waals surface area (Å²) in [6, 6.07) is 15.1. The quantitative estimate of drug-likeness (QED) is 0.353. The van der Waals surface area contributed by atoms with Crippen molar-refractivity contribution in [2.45, 2.75) is 12.1 Å². The molecule has 4 rings (SSSR count). The maximum Gasteiger partial charge on any atom is 0.262 e. The summed E-state index contributed by atoms with van der Waals surface area (Å²) in [6.07, 6.45) is 0. The first-order chi connectivity index (χ1) is 13.7. The molecule has 0 aliphatic heterocycles. The van der Waals surface area contributed by atoms with E-state index >= 15 is 0 Å². The number of fused-ring (bicyclic) bond motifs is 3. The van der Waals surface area contributed by atoms with Gasteiger partial charge in [0.1, 0.15) is 11.5 Å². The standard InChI is InChI=1S/C20H20N4O3S/c1-3-26-14-8-10-15(11-9-14)27-12-13-28-20-22-21-19-23(2)18(25)16-6-4-5-7-17(16)24(19)20/h4-11H,3,12-13H2,1-2H3. The molecule has 28 heavy (non-hydrogen) atoms. The van der Waals surface area contributed by atoms with E-state index in [-0.39, 0.29) is 5.56 Å². The van der Waals surface area contributed by atoms with Crippen molar-refractivity contribution in [3.63, 3.8) is 0 Å². The Morgan fingerprint density at radius 3 is 2.46 bits per heavy atom. The maximum absolute atomic E-state index is 12.5. The average Bonchev–Trinajstić information content (AvgIpc) is 3.15. The molecule has 0 amide bonds. The number of nitrogens with zero attached hydrogens (tertiary/aromatic N) is 4. The van der Waals surface area contributed by atoms with Gasteiger partial charge in [-0.3, -0.25) is 13.8 Å². The van der Waals surface area contributed by atoms with Crippen LogP contribution < -0.4 is 15.0 Å². The van der Waals surface area contributed by atoms with Crippen LogP contribution in [-0.4, -0.2) is 38.1 Å². The second kappa shape index (κ2) is 7.93. The van der Waals surface area contributed by atoms with E-state index in [1.165, 1.54) is 4.57 Å². The first kappa shape index (κ1) is 18.4. The second-order valence-electron chi connectivity index (χ2n) is 6.10. The Labute approximate surface area is 165 Å². The third-order valence-corrected chi connectivity index (χ3v) is 5.21. The molecule has 2 heterocycles. The Morgan fingerprint density at radius 1 is 1.00 bits per heavy atom. The zero-order valence-corrected chi connectivity index (χ0v) is 16.5. The number of thioether (sulfide) groups is 1. The van der Waals surface area contributed by atoms with E-state index in [1.54, 1.807) is 18.8 Å². The van der Waals surface area contributed by atoms with Crippen LogP contribution in [0.5, 0.6) is 11.5 Å². The molecule has 0 atom stereocenters. The lowest BCUT2D eigenvalue weighted by Gasteiger charge is -2.08. The first-order valence-corrected chi connectivity index (χ1v) is 9.99. The van der Waals surface area contributed by atoms with Crippen molar-refractivity contribution in [2.24, 2.45) is 7.05 Å². The molecule has 0 aliphatic carbocycles. The van der Waals surface area contributed by atoms with Crippen molar-refractivity contribution in [3.8, 4) is 11.5 Å². The largest absolute Gasteiger partial charge is 0.494 e. The highest BCUT2D eigenvalue weighted by molar-refractivity contribution is 7.99. The number of rotatable bonds is 7. The average molecular weight is 396 g/mol. The molecule has 2 aromatic carbocycles. The summed E-state index contributed by atoms with van der Waals surface area (Å²) < 4.78 is 14.7. The smallest absolute Gasteiger partial charge is 0.262 e. The highest BCUT2D eigenvalue weighted by atomic mass is 32.2. The SMILES string of the molecule is CCOc1ccc(OCCSc2nnc3n(C)c(=O)c4ccccc4n23)cc1. The Kier molecular flexibility index (Phi) is 5.21. The van der Waals surface area contributed by atoms with Gasteiger partial charge in [0.25, 0.3) is 5.56 Å². The van der Waals surface area contributed by atoms with Crippen molar-refractivity contribution >= 4 is 28.4 Å². The van der Waals surface area contributed by atoms with Gasteiger partial charge in [-0.05, 0) is 43.3 Å². The number of hydrogen-bond acceptors (Lipinski definition) is 6. The van der Waals surface area contributed by atoms with Crippen molar-refractivity contribution in [3.05, 3.63) is 58.9 Å². The van der Waals surface area contributed by atoms with Gasteiger partial charge >= 0.3 is 0 Å². The second-order valence-corrected chi connectivity index (χ2v) is 7.16. The number of aryl methyl sites for hydroxylation is 1. The first-order valence-electron chi connectivity index (χ1n) is 9.00. The summed E-state index contributed by atoms with van der Waals surface area (Å²) in [5.41, 5.74) is 0.728.